The van der Waals surface area contributed by atoms with Crippen LogP contribution in [0.4, 0.5) is 13.2 Å². The first-order chi connectivity index (χ1) is 11.1. The monoisotopic (exact) mass is 347 g/mol. The number of carboxylic acid groups (broad SMARTS) is 1. The van der Waals surface area contributed by atoms with Crippen LogP contribution in [-0.4, -0.2) is 29.9 Å². The number of benzene rings is 1. The molecule has 8 heteroatoms. The van der Waals surface area contributed by atoms with Gasteiger partial charge >= 0.3 is 12.3 Å². The summed E-state index contributed by atoms with van der Waals surface area (Å²) in [5.74, 6) is -1.87. The SMILES string of the molecule is CCC(CC)(CNC(=O)Cc1cccc(OC(F)(F)F)c1)C(=O)O. The van der Waals surface area contributed by atoms with Crippen LogP contribution in [0.15, 0.2) is 24.3 Å². The molecule has 0 radical (unpaired) electrons. The lowest BCUT2D eigenvalue weighted by molar-refractivity contribution is -0.274. The number of ether oxygens (including phenoxy) is 1. The predicted molar refractivity (Wildman–Crippen MR) is 80.5 cm³/mol. The molecule has 0 unspecified atom stereocenters. The van der Waals surface area contributed by atoms with E-state index in [0.29, 0.717) is 18.4 Å². The van der Waals surface area contributed by atoms with E-state index in [4.69, 9.17) is 0 Å². The fourth-order valence-electron chi connectivity index (χ4n) is 2.25. The highest BCUT2D eigenvalue weighted by molar-refractivity contribution is 5.80. The topological polar surface area (TPSA) is 75.6 Å². The van der Waals surface area contributed by atoms with Crippen LogP contribution in [0, 0.1) is 5.41 Å². The minimum atomic E-state index is -4.80. The summed E-state index contributed by atoms with van der Waals surface area (Å²) in [6.45, 7) is 3.41. The maximum Gasteiger partial charge on any atom is 0.573 e. The van der Waals surface area contributed by atoms with Crippen molar-refractivity contribution in [1.29, 1.82) is 0 Å². The first-order valence-corrected chi connectivity index (χ1v) is 7.46. The number of alkyl halides is 3. The van der Waals surface area contributed by atoms with Crippen molar-refractivity contribution in [3.63, 3.8) is 0 Å². The van der Waals surface area contributed by atoms with E-state index >= 15 is 0 Å². The molecule has 0 heterocycles. The van der Waals surface area contributed by atoms with Gasteiger partial charge in [0, 0.05) is 6.54 Å². The zero-order chi connectivity index (χ0) is 18.4. The van der Waals surface area contributed by atoms with Crippen molar-refractivity contribution in [2.24, 2.45) is 5.41 Å². The predicted octanol–water partition coefficient (Wildman–Crippen LogP) is 3.13. The van der Waals surface area contributed by atoms with Crippen LogP contribution in [0.5, 0.6) is 5.75 Å². The van der Waals surface area contributed by atoms with Crippen molar-refractivity contribution >= 4 is 11.9 Å². The Morgan fingerprint density at radius 3 is 2.33 bits per heavy atom. The Bertz CT molecular complexity index is 583. The second-order valence-electron chi connectivity index (χ2n) is 5.44. The molecule has 0 aliphatic rings. The van der Waals surface area contributed by atoms with Crippen molar-refractivity contribution in [3.8, 4) is 5.75 Å². The summed E-state index contributed by atoms with van der Waals surface area (Å²) in [5, 5.41) is 11.8. The number of amides is 1. The zero-order valence-corrected chi connectivity index (χ0v) is 13.4. The third kappa shape index (κ3) is 5.75. The highest BCUT2D eigenvalue weighted by atomic mass is 19.4. The molecule has 0 aliphatic heterocycles. The molecular formula is C16H20F3NO4. The molecule has 2 N–H and O–H groups in total. The van der Waals surface area contributed by atoms with Crippen LogP contribution >= 0.6 is 0 Å². The number of nitrogens with one attached hydrogen (secondary N) is 1. The maximum atomic E-state index is 12.2. The maximum absolute atomic E-state index is 12.2. The molecular weight excluding hydrogens is 327 g/mol. The van der Waals surface area contributed by atoms with Gasteiger partial charge in [0.25, 0.3) is 0 Å². The lowest BCUT2D eigenvalue weighted by atomic mass is 9.82. The number of rotatable bonds is 8. The molecule has 5 nitrogen and oxygen atoms in total. The summed E-state index contributed by atoms with van der Waals surface area (Å²) in [5.41, 5.74) is -0.708. The Balaban J connectivity index is 2.68. The van der Waals surface area contributed by atoms with Gasteiger partial charge in [-0.3, -0.25) is 9.59 Å². The molecule has 0 atom stereocenters. The molecule has 1 aromatic rings. The van der Waals surface area contributed by atoms with Crippen molar-refractivity contribution in [3.05, 3.63) is 29.8 Å². The van der Waals surface area contributed by atoms with Gasteiger partial charge in [-0.25, -0.2) is 0 Å². The Kier molecular flexibility index (Phi) is 6.62. The highest BCUT2D eigenvalue weighted by Crippen LogP contribution is 2.26. The van der Waals surface area contributed by atoms with Crippen LogP contribution in [-0.2, 0) is 16.0 Å². The van der Waals surface area contributed by atoms with Crippen LogP contribution in [0.2, 0.25) is 0 Å². The quantitative estimate of drug-likeness (QED) is 0.758. The molecule has 1 aromatic carbocycles. The molecule has 1 amide bonds. The van der Waals surface area contributed by atoms with Gasteiger partial charge in [0.05, 0.1) is 11.8 Å². The van der Waals surface area contributed by atoms with Gasteiger partial charge < -0.3 is 15.2 Å². The van der Waals surface area contributed by atoms with Gasteiger partial charge in [-0.05, 0) is 30.5 Å². The van der Waals surface area contributed by atoms with Crippen molar-refractivity contribution in [2.45, 2.75) is 39.5 Å². The van der Waals surface area contributed by atoms with Crippen LogP contribution in [0.25, 0.3) is 0 Å². The fourth-order valence-corrected chi connectivity index (χ4v) is 2.25. The Hall–Kier alpha value is -2.25. The molecule has 0 fully saturated rings. The molecule has 0 saturated heterocycles. The second kappa shape index (κ2) is 8.03. The van der Waals surface area contributed by atoms with Gasteiger partial charge in [-0.1, -0.05) is 26.0 Å². The summed E-state index contributed by atoms with van der Waals surface area (Å²) in [6.07, 6.45) is -4.26. The van der Waals surface area contributed by atoms with Crippen LogP contribution in [0.1, 0.15) is 32.3 Å². The summed E-state index contributed by atoms with van der Waals surface area (Å²) in [6, 6.07) is 5.10. The van der Waals surface area contributed by atoms with E-state index in [0.717, 1.165) is 12.1 Å². The smallest absolute Gasteiger partial charge is 0.481 e. The minimum absolute atomic E-state index is 0.0348. The number of carbonyl (C=O) groups is 2. The Morgan fingerprint density at radius 1 is 1.21 bits per heavy atom. The van der Waals surface area contributed by atoms with Gasteiger partial charge in [0.2, 0.25) is 5.91 Å². The van der Waals surface area contributed by atoms with Gasteiger partial charge in [0.1, 0.15) is 5.75 Å². The average molecular weight is 347 g/mol. The lowest BCUT2D eigenvalue weighted by Gasteiger charge is -2.26. The van der Waals surface area contributed by atoms with Gasteiger partial charge in [0.15, 0.2) is 0 Å². The number of halogens is 3. The average Bonchev–Trinajstić information content (AvgIpc) is 2.47. The Morgan fingerprint density at radius 2 is 1.83 bits per heavy atom. The first-order valence-electron chi connectivity index (χ1n) is 7.46. The summed E-state index contributed by atoms with van der Waals surface area (Å²) in [7, 11) is 0. The second-order valence-corrected chi connectivity index (χ2v) is 5.44. The normalized spacial score (nSPS) is 11.9. The zero-order valence-electron chi connectivity index (χ0n) is 13.4. The molecule has 24 heavy (non-hydrogen) atoms. The van der Waals surface area contributed by atoms with Crippen molar-refractivity contribution in [1.82, 2.24) is 5.32 Å². The summed E-state index contributed by atoms with van der Waals surface area (Å²) >= 11 is 0. The largest absolute Gasteiger partial charge is 0.573 e. The summed E-state index contributed by atoms with van der Waals surface area (Å²) < 4.78 is 40.3. The van der Waals surface area contributed by atoms with Gasteiger partial charge in [-0.2, -0.15) is 0 Å². The molecule has 0 saturated carbocycles. The van der Waals surface area contributed by atoms with E-state index in [1.54, 1.807) is 13.8 Å². The summed E-state index contributed by atoms with van der Waals surface area (Å²) in [4.78, 5) is 23.3. The van der Waals surface area contributed by atoms with E-state index in [9.17, 15) is 27.9 Å². The third-order valence-corrected chi connectivity index (χ3v) is 3.93. The fraction of sp³-hybridized carbons (Fsp3) is 0.500. The minimum Gasteiger partial charge on any atom is -0.481 e. The van der Waals surface area contributed by atoms with E-state index in [2.05, 4.69) is 10.1 Å². The van der Waals surface area contributed by atoms with E-state index in [-0.39, 0.29) is 13.0 Å². The van der Waals surface area contributed by atoms with Gasteiger partial charge in [-0.15, -0.1) is 13.2 Å². The lowest BCUT2D eigenvalue weighted by Crippen LogP contribution is -2.42. The molecule has 0 aromatic heterocycles. The highest BCUT2D eigenvalue weighted by Gasteiger charge is 2.35. The molecule has 1 rings (SSSR count). The molecule has 0 bridgehead atoms. The number of hydrogen-bond acceptors (Lipinski definition) is 3. The molecule has 0 aliphatic carbocycles. The van der Waals surface area contributed by atoms with Crippen LogP contribution in [0.3, 0.4) is 0 Å². The van der Waals surface area contributed by atoms with Crippen molar-refractivity contribution in [2.75, 3.05) is 6.54 Å². The first kappa shape index (κ1) is 19.8. The number of hydrogen-bond donors (Lipinski definition) is 2. The Labute approximate surface area is 137 Å². The van der Waals surface area contributed by atoms with E-state index < -0.39 is 29.4 Å². The number of aliphatic carboxylic acids is 1. The van der Waals surface area contributed by atoms with Crippen molar-refractivity contribution < 1.29 is 32.6 Å². The molecule has 0 spiro atoms. The standard InChI is InChI=1S/C16H20F3NO4/c1-3-15(4-2,14(22)23)10-20-13(21)9-11-6-5-7-12(8-11)24-16(17,18)19/h5-8H,3-4,9-10H2,1-2H3,(H,20,21)(H,22,23). The van der Waals surface area contributed by atoms with Crippen LogP contribution < -0.4 is 10.1 Å². The number of carboxylic acids is 1. The molecule has 134 valence electrons. The van der Waals surface area contributed by atoms with E-state index in [1.807, 2.05) is 0 Å². The number of carbonyl (C=O) groups excluding carboxylic acids is 1. The van der Waals surface area contributed by atoms with E-state index in [1.165, 1.54) is 12.1 Å². The third-order valence-electron chi connectivity index (χ3n) is 3.93.